The van der Waals surface area contributed by atoms with Crippen molar-refractivity contribution in [3.63, 3.8) is 0 Å². The number of cyclic esters (lactones) is 1. The summed E-state index contributed by atoms with van der Waals surface area (Å²) in [6.07, 6.45) is -14.0. The van der Waals surface area contributed by atoms with Gasteiger partial charge in [-0.2, -0.15) is 0 Å². The zero-order valence-corrected chi connectivity index (χ0v) is 24.0. The second-order valence-electron chi connectivity index (χ2n) is 10.9. The van der Waals surface area contributed by atoms with Crippen LogP contribution in [0.25, 0.3) is 5.57 Å². The van der Waals surface area contributed by atoms with Crippen molar-refractivity contribution in [3.05, 3.63) is 59.7 Å². The predicted molar refractivity (Wildman–Crippen MR) is 150 cm³/mol. The summed E-state index contributed by atoms with van der Waals surface area (Å²) in [6, 6.07) is 11.2. The van der Waals surface area contributed by atoms with Gasteiger partial charge in [0, 0.05) is 29.7 Å². The van der Waals surface area contributed by atoms with Gasteiger partial charge in [-0.05, 0) is 29.8 Å². The first-order valence-corrected chi connectivity index (χ1v) is 14.2. The van der Waals surface area contributed by atoms with Crippen LogP contribution in [0.1, 0.15) is 11.1 Å². The molecule has 0 bridgehead atoms. The lowest BCUT2D eigenvalue weighted by atomic mass is 9.95. The monoisotopic (exact) mass is 636 g/mol. The van der Waals surface area contributed by atoms with E-state index in [1.54, 1.807) is 36.4 Å². The Labute approximate surface area is 257 Å². The molecule has 2 fully saturated rings. The van der Waals surface area contributed by atoms with E-state index in [4.69, 9.17) is 28.4 Å². The van der Waals surface area contributed by atoms with Crippen molar-refractivity contribution in [2.45, 2.75) is 73.9 Å². The molecule has 8 N–H and O–H groups in total. The maximum absolute atomic E-state index is 12.4. The van der Waals surface area contributed by atoms with Gasteiger partial charge in [0.1, 0.15) is 72.2 Å². The standard InChI is InChI=1S/C30H36O15/c1-40-15-6-7-16(19(9-15)43-30-28(39)26(37)24(35)21(12-32)45-30)17-10-22(33)42-18(17)8-13-2-4-14(5-3-13)41-29-27(38)25(36)23(34)20(11-31)44-29/h2-7,9-10,18,20-21,23-32,34-39H,8,11-12H2,1H3/t18-,20-,21-,23+,24+,25-,26-,27-,28-,29+,30+/m1/s1. The molecule has 0 amide bonds. The van der Waals surface area contributed by atoms with E-state index in [-0.39, 0.29) is 17.9 Å². The Balaban J connectivity index is 1.32. The van der Waals surface area contributed by atoms with E-state index in [0.717, 1.165) is 0 Å². The Morgan fingerprint density at radius 2 is 1.27 bits per heavy atom. The number of hydrogen-bond donors (Lipinski definition) is 8. The molecule has 5 rings (SSSR count). The van der Waals surface area contributed by atoms with E-state index < -0.39 is 86.7 Å². The SMILES string of the molecule is COc1ccc(C2=CC(=O)O[C@@H]2Cc2ccc(O[C@H]3O[C@H](CO)[C@H](O)[C@@H](O)[C@H]3O)cc2)c(O[C@H]2O[C@H](CO)[C@H](O)[C@@H](O)[C@H]2O)c1. The van der Waals surface area contributed by atoms with Crippen LogP contribution in [0.2, 0.25) is 0 Å². The fourth-order valence-corrected chi connectivity index (χ4v) is 5.33. The van der Waals surface area contributed by atoms with E-state index in [9.17, 15) is 45.6 Å². The molecule has 0 aromatic heterocycles. The van der Waals surface area contributed by atoms with Gasteiger partial charge in [0.05, 0.1) is 20.3 Å². The number of methoxy groups -OCH3 is 1. The summed E-state index contributed by atoms with van der Waals surface area (Å²) in [5.41, 5.74) is 1.54. The first-order valence-electron chi connectivity index (χ1n) is 14.2. The number of carbonyl (C=O) groups is 1. The molecule has 0 aliphatic carbocycles. The minimum absolute atomic E-state index is 0.108. The average Bonchev–Trinajstić information content (AvgIpc) is 3.41. The molecule has 2 saturated heterocycles. The van der Waals surface area contributed by atoms with Crippen molar-refractivity contribution >= 4 is 11.5 Å². The zero-order chi connectivity index (χ0) is 32.4. The quantitative estimate of drug-likeness (QED) is 0.127. The summed E-state index contributed by atoms with van der Waals surface area (Å²) in [5, 5.41) is 80.0. The van der Waals surface area contributed by atoms with Crippen molar-refractivity contribution in [1.82, 2.24) is 0 Å². The Kier molecular flexibility index (Phi) is 10.2. The van der Waals surface area contributed by atoms with Gasteiger partial charge < -0.3 is 69.3 Å². The number of rotatable bonds is 10. The van der Waals surface area contributed by atoms with E-state index >= 15 is 0 Å². The first-order chi connectivity index (χ1) is 21.5. The minimum Gasteiger partial charge on any atom is -0.497 e. The van der Waals surface area contributed by atoms with Crippen LogP contribution in [-0.4, -0.2) is 135 Å². The second-order valence-corrected chi connectivity index (χ2v) is 10.9. The summed E-state index contributed by atoms with van der Waals surface area (Å²) in [6.45, 7) is -1.24. The molecule has 0 saturated carbocycles. The predicted octanol–water partition coefficient (Wildman–Crippen LogP) is -2.40. The average molecular weight is 637 g/mol. The van der Waals surface area contributed by atoms with Crippen LogP contribution in [0.15, 0.2) is 48.5 Å². The third-order valence-corrected chi connectivity index (χ3v) is 7.92. The highest BCUT2D eigenvalue weighted by Gasteiger charge is 2.46. The largest absolute Gasteiger partial charge is 0.497 e. The van der Waals surface area contributed by atoms with Crippen LogP contribution < -0.4 is 14.2 Å². The molecule has 15 heteroatoms. The van der Waals surface area contributed by atoms with Crippen LogP contribution in [0, 0.1) is 0 Å². The number of ether oxygens (including phenoxy) is 6. The molecule has 0 unspecified atom stereocenters. The molecule has 0 spiro atoms. The normalized spacial score (nSPS) is 35.0. The summed E-state index contributed by atoms with van der Waals surface area (Å²) in [5.74, 6) is 0.132. The van der Waals surface area contributed by atoms with Gasteiger partial charge in [-0.3, -0.25) is 0 Å². The Morgan fingerprint density at radius 3 is 1.82 bits per heavy atom. The molecule has 15 nitrogen and oxygen atoms in total. The third-order valence-electron chi connectivity index (χ3n) is 7.92. The van der Waals surface area contributed by atoms with Crippen LogP contribution in [0.4, 0.5) is 0 Å². The maximum Gasteiger partial charge on any atom is 0.331 e. The smallest absolute Gasteiger partial charge is 0.331 e. The Morgan fingerprint density at radius 1 is 0.711 bits per heavy atom. The molecule has 3 aliphatic heterocycles. The van der Waals surface area contributed by atoms with Gasteiger partial charge >= 0.3 is 5.97 Å². The number of hydrogen-bond acceptors (Lipinski definition) is 15. The lowest BCUT2D eigenvalue weighted by Crippen LogP contribution is -2.60. The molecule has 11 atom stereocenters. The summed E-state index contributed by atoms with van der Waals surface area (Å²) in [4.78, 5) is 12.4. The van der Waals surface area contributed by atoms with Crippen LogP contribution in [0.3, 0.4) is 0 Å². The number of esters is 1. The highest BCUT2D eigenvalue weighted by atomic mass is 16.7. The molecule has 0 radical (unpaired) electrons. The minimum atomic E-state index is -1.67. The van der Waals surface area contributed by atoms with Gasteiger partial charge in [-0.25, -0.2) is 4.79 Å². The summed E-state index contributed by atoms with van der Waals surface area (Å²) in [7, 11) is 1.43. The van der Waals surface area contributed by atoms with Crippen molar-refractivity contribution in [3.8, 4) is 17.2 Å². The highest BCUT2D eigenvalue weighted by Crippen LogP contribution is 2.38. The maximum atomic E-state index is 12.4. The number of aliphatic hydroxyl groups is 8. The fraction of sp³-hybridized carbons (Fsp3) is 0.500. The fourth-order valence-electron chi connectivity index (χ4n) is 5.33. The Hall–Kier alpha value is -3.35. The number of carbonyl (C=O) groups excluding carboxylic acids is 1. The van der Waals surface area contributed by atoms with E-state index in [1.165, 1.54) is 19.3 Å². The molecular weight excluding hydrogens is 600 g/mol. The van der Waals surface area contributed by atoms with Crippen LogP contribution in [-0.2, 0) is 25.4 Å². The molecule has 3 heterocycles. The summed E-state index contributed by atoms with van der Waals surface area (Å²) < 4.78 is 33.3. The molecule has 2 aromatic carbocycles. The molecule has 3 aliphatic rings. The highest BCUT2D eigenvalue weighted by molar-refractivity contribution is 5.98. The number of benzene rings is 2. The van der Waals surface area contributed by atoms with Gasteiger partial charge in [-0.1, -0.05) is 12.1 Å². The molecular formula is C30H36O15. The first kappa shape index (κ1) is 33.0. The van der Waals surface area contributed by atoms with Crippen LogP contribution >= 0.6 is 0 Å². The van der Waals surface area contributed by atoms with Gasteiger partial charge in [-0.15, -0.1) is 0 Å². The topological polar surface area (TPSA) is 234 Å². The van der Waals surface area contributed by atoms with E-state index in [0.29, 0.717) is 22.4 Å². The molecule has 2 aromatic rings. The van der Waals surface area contributed by atoms with Gasteiger partial charge in [0.2, 0.25) is 12.6 Å². The van der Waals surface area contributed by atoms with Crippen molar-refractivity contribution < 1.29 is 74.1 Å². The third kappa shape index (κ3) is 6.92. The lowest BCUT2D eigenvalue weighted by Gasteiger charge is -2.39. The van der Waals surface area contributed by atoms with Gasteiger partial charge in [0.25, 0.3) is 0 Å². The Bertz CT molecular complexity index is 1350. The molecule has 246 valence electrons. The second kappa shape index (κ2) is 14.0. The van der Waals surface area contributed by atoms with Crippen molar-refractivity contribution in [2.24, 2.45) is 0 Å². The van der Waals surface area contributed by atoms with Crippen molar-refractivity contribution in [2.75, 3.05) is 20.3 Å². The summed E-state index contributed by atoms with van der Waals surface area (Å²) >= 11 is 0. The molecule has 45 heavy (non-hydrogen) atoms. The van der Waals surface area contributed by atoms with Gasteiger partial charge in [0.15, 0.2) is 0 Å². The lowest BCUT2D eigenvalue weighted by molar-refractivity contribution is -0.277. The van der Waals surface area contributed by atoms with E-state index in [1.807, 2.05) is 0 Å². The van der Waals surface area contributed by atoms with Crippen molar-refractivity contribution in [1.29, 1.82) is 0 Å². The zero-order valence-electron chi connectivity index (χ0n) is 24.0. The number of aliphatic hydroxyl groups excluding tert-OH is 8. The van der Waals surface area contributed by atoms with Crippen LogP contribution in [0.5, 0.6) is 17.2 Å². The van der Waals surface area contributed by atoms with E-state index in [2.05, 4.69) is 0 Å².